The van der Waals surface area contributed by atoms with E-state index in [0.29, 0.717) is 12.8 Å². The number of alkyl halides is 2. The highest BCUT2D eigenvalue weighted by molar-refractivity contribution is 4.83. The highest BCUT2D eigenvalue weighted by Gasteiger charge is 2.39. The molecule has 13 heavy (non-hydrogen) atoms. The van der Waals surface area contributed by atoms with Crippen molar-refractivity contribution in [1.82, 2.24) is 0 Å². The van der Waals surface area contributed by atoms with Gasteiger partial charge in [0.2, 0.25) is 5.92 Å². The minimum absolute atomic E-state index is 0.00246. The molecule has 2 unspecified atom stereocenters. The molecule has 0 heterocycles. The van der Waals surface area contributed by atoms with Gasteiger partial charge in [-0.3, -0.25) is 0 Å². The lowest BCUT2D eigenvalue weighted by Gasteiger charge is -2.18. The highest BCUT2D eigenvalue weighted by Crippen LogP contribution is 2.41. The minimum atomic E-state index is -2.47. The number of rotatable bonds is 3. The molecule has 1 aliphatic carbocycles. The van der Waals surface area contributed by atoms with Crippen LogP contribution in [-0.2, 0) is 0 Å². The van der Waals surface area contributed by atoms with Crippen molar-refractivity contribution in [3.05, 3.63) is 0 Å². The van der Waals surface area contributed by atoms with Crippen LogP contribution in [0.2, 0.25) is 0 Å². The summed E-state index contributed by atoms with van der Waals surface area (Å²) in [6, 6.07) is 0. The molecule has 78 valence electrons. The Morgan fingerprint density at radius 1 is 1.46 bits per heavy atom. The van der Waals surface area contributed by atoms with E-state index in [4.69, 9.17) is 0 Å². The zero-order chi connectivity index (χ0) is 10.1. The topological polar surface area (TPSA) is 20.2 Å². The molecule has 1 nitrogen and oxygen atoms in total. The van der Waals surface area contributed by atoms with Crippen LogP contribution in [0.3, 0.4) is 0 Å². The van der Waals surface area contributed by atoms with Crippen LogP contribution < -0.4 is 0 Å². The molecule has 0 aromatic carbocycles. The third-order valence-electron chi connectivity index (χ3n) is 2.85. The molecule has 1 rings (SSSR count). The Balaban J connectivity index is 2.32. The number of hydrogen-bond donors (Lipinski definition) is 1. The molecule has 1 saturated carbocycles. The number of aliphatic hydroxyl groups excluding tert-OH is 1. The third-order valence-corrected chi connectivity index (χ3v) is 2.85. The lowest BCUT2D eigenvalue weighted by molar-refractivity contribution is 0.00135. The van der Waals surface area contributed by atoms with Crippen molar-refractivity contribution in [2.75, 3.05) is 0 Å². The molecule has 0 bridgehead atoms. The van der Waals surface area contributed by atoms with Crippen LogP contribution in [0.25, 0.3) is 0 Å². The molecule has 0 amide bonds. The summed E-state index contributed by atoms with van der Waals surface area (Å²) in [7, 11) is 0. The molecule has 1 fully saturated rings. The third kappa shape index (κ3) is 3.22. The molecular formula is C10H18F2O. The summed E-state index contributed by atoms with van der Waals surface area (Å²) in [6.07, 6.45) is 0.655. The van der Waals surface area contributed by atoms with Crippen LogP contribution in [0, 0.1) is 11.8 Å². The molecular weight excluding hydrogens is 174 g/mol. The summed E-state index contributed by atoms with van der Waals surface area (Å²) in [6.45, 7) is 3.83. The van der Waals surface area contributed by atoms with Gasteiger partial charge < -0.3 is 5.11 Å². The van der Waals surface area contributed by atoms with E-state index in [0.717, 1.165) is 0 Å². The zero-order valence-corrected chi connectivity index (χ0v) is 8.26. The van der Waals surface area contributed by atoms with Gasteiger partial charge in [-0.25, -0.2) is 8.78 Å². The van der Waals surface area contributed by atoms with Gasteiger partial charge >= 0.3 is 0 Å². The fourth-order valence-corrected chi connectivity index (χ4v) is 1.86. The number of aliphatic hydroxyl groups is 1. The van der Waals surface area contributed by atoms with Crippen molar-refractivity contribution in [3.8, 4) is 0 Å². The summed E-state index contributed by atoms with van der Waals surface area (Å²) in [5, 5.41) is 9.51. The Kier molecular flexibility index (Phi) is 3.28. The second-order valence-corrected chi connectivity index (χ2v) is 4.51. The standard InChI is InChI=1S/C10H18F2O/c1-7(2)9(13)5-8-3-4-10(11,12)6-8/h7-9,13H,3-6H2,1-2H3. The molecule has 0 saturated heterocycles. The molecule has 1 aliphatic rings. The van der Waals surface area contributed by atoms with E-state index >= 15 is 0 Å². The monoisotopic (exact) mass is 192 g/mol. The largest absolute Gasteiger partial charge is 0.393 e. The van der Waals surface area contributed by atoms with Crippen molar-refractivity contribution < 1.29 is 13.9 Å². The van der Waals surface area contributed by atoms with Crippen LogP contribution in [0.1, 0.15) is 39.5 Å². The molecule has 2 atom stereocenters. The molecule has 0 aliphatic heterocycles. The lowest BCUT2D eigenvalue weighted by atomic mass is 9.94. The highest BCUT2D eigenvalue weighted by atomic mass is 19.3. The van der Waals surface area contributed by atoms with Gasteiger partial charge in [-0.15, -0.1) is 0 Å². The first-order chi connectivity index (χ1) is 5.91. The van der Waals surface area contributed by atoms with Gasteiger partial charge in [0.15, 0.2) is 0 Å². The summed E-state index contributed by atoms with van der Waals surface area (Å²) < 4.78 is 25.5. The number of halogens is 2. The van der Waals surface area contributed by atoms with Crippen molar-refractivity contribution in [1.29, 1.82) is 0 Å². The average molecular weight is 192 g/mol. The van der Waals surface area contributed by atoms with Gasteiger partial charge in [-0.1, -0.05) is 13.8 Å². The number of hydrogen-bond acceptors (Lipinski definition) is 1. The quantitative estimate of drug-likeness (QED) is 0.729. The summed E-state index contributed by atoms with van der Waals surface area (Å²) >= 11 is 0. The van der Waals surface area contributed by atoms with Crippen LogP contribution >= 0.6 is 0 Å². The lowest BCUT2D eigenvalue weighted by Crippen LogP contribution is -2.19. The van der Waals surface area contributed by atoms with E-state index in [9.17, 15) is 13.9 Å². The van der Waals surface area contributed by atoms with Crippen molar-refractivity contribution in [2.45, 2.75) is 51.6 Å². The van der Waals surface area contributed by atoms with Crippen LogP contribution in [0.4, 0.5) is 8.78 Å². The molecule has 0 spiro atoms. The van der Waals surface area contributed by atoms with Gasteiger partial charge in [0.25, 0.3) is 0 Å². The van der Waals surface area contributed by atoms with Gasteiger partial charge in [0.1, 0.15) is 0 Å². The first-order valence-electron chi connectivity index (χ1n) is 4.96. The maximum atomic E-state index is 12.8. The molecule has 0 aromatic rings. The van der Waals surface area contributed by atoms with Gasteiger partial charge in [-0.05, 0) is 24.7 Å². The molecule has 1 N–H and O–H groups in total. The van der Waals surface area contributed by atoms with Gasteiger partial charge in [0, 0.05) is 12.8 Å². The maximum Gasteiger partial charge on any atom is 0.248 e. The summed E-state index contributed by atoms with van der Waals surface area (Å²) in [4.78, 5) is 0. The van der Waals surface area contributed by atoms with E-state index in [1.165, 1.54) is 0 Å². The van der Waals surface area contributed by atoms with Crippen LogP contribution in [0.5, 0.6) is 0 Å². The first-order valence-corrected chi connectivity index (χ1v) is 4.96. The predicted molar refractivity (Wildman–Crippen MR) is 47.7 cm³/mol. The molecule has 0 radical (unpaired) electrons. The van der Waals surface area contributed by atoms with E-state index < -0.39 is 12.0 Å². The maximum absolute atomic E-state index is 12.8. The summed E-state index contributed by atoms with van der Waals surface area (Å²) in [5.41, 5.74) is 0. The SMILES string of the molecule is CC(C)C(O)CC1CCC(F)(F)C1. The fourth-order valence-electron chi connectivity index (χ4n) is 1.86. The van der Waals surface area contributed by atoms with E-state index in [-0.39, 0.29) is 24.7 Å². The Morgan fingerprint density at radius 3 is 2.46 bits per heavy atom. The Bertz CT molecular complexity index is 168. The smallest absolute Gasteiger partial charge is 0.248 e. The van der Waals surface area contributed by atoms with Crippen molar-refractivity contribution in [2.24, 2.45) is 11.8 Å². The Morgan fingerprint density at radius 2 is 2.08 bits per heavy atom. The Labute approximate surface area is 78.1 Å². The van der Waals surface area contributed by atoms with E-state index in [1.54, 1.807) is 0 Å². The fraction of sp³-hybridized carbons (Fsp3) is 1.00. The zero-order valence-electron chi connectivity index (χ0n) is 8.26. The van der Waals surface area contributed by atoms with Crippen molar-refractivity contribution in [3.63, 3.8) is 0 Å². The first kappa shape index (κ1) is 10.9. The van der Waals surface area contributed by atoms with E-state index in [1.807, 2.05) is 13.8 Å². The minimum Gasteiger partial charge on any atom is -0.393 e. The van der Waals surface area contributed by atoms with Crippen molar-refractivity contribution >= 4 is 0 Å². The molecule has 0 aromatic heterocycles. The average Bonchev–Trinajstić information content (AvgIpc) is 2.30. The predicted octanol–water partition coefficient (Wildman–Crippen LogP) is 2.83. The van der Waals surface area contributed by atoms with E-state index in [2.05, 4.69) is 0 Å². The Hall–Kier alpha value is -0.180. The van der Waals surface area contributed by atoms with Crippen LogP contribution in [0.15, 0.2) is 0 Å². The van der Waals surface area contributed by atoms with Crippen LogP contribution in [-0.4, -0.2) is 17.1 Å². The molecule has 3 heteroatoms. The second kappa shape index (κ2) is 3.91. The van der Waals surface area contributed by atoms with Gasteiger partial charge in [-0.2, -0.15) is 0 Å². The second-order valence-electron chi connectivity index (χ2n) is 4.51. The normalized spacial score (nSPS) is 29.5. The summed E-state index contributed by atoms with van der Waals surface area (Å²) in [5.74, 6) is -2.27. The van der Waals surface area contributed by atoms with Gasteiger partial charge in [0.05, 0.1) is 6.10 Å².